The van der Waals surface area contributed by atoms with Crippen LogP contribution in [0.2, 0.25) is 0 Å². The van der Waals surface area contributed by atoms with Gasteiger partial charge in [-0.2, -0.15) is 0 Å². The molecule has 1 aromatic carbocycles. The first-order valence-corrected chi connectivity index (χ1v) is 9.01. The molecule has 8 nitrogen and oxygen atoms in total. The summed E-state index contributed by atoms with van der Waals surface area (Å²) in [4.78, 5) is 44.3. The molecule has 1 atom stereocenters. The zero-order chi connectivity index (χ0) is 19.4. The van der Waals surface area contributed by atoms with Crippen molar-refractivity contribution in [3.05, 3.63) is 29.8 Å². The molecule has 1 aromatic rings. The minimum absolute atomic E-state index is 0.0368. The van der Waals surface area contributed by atoms with Crippen LogP contribution in [0.1, 0.15) is 32.3 Å². The summed E-state index contributed by atoms with van der Waals surface area (Å²) in [7, 11) is 0. The molecular weight excluding hydrogens is 350 g/mol. The first-order valence-electron chi connectivity index (χ1n) is 9.01. The number of anilines is 1. The highest BCUT2D eigenvalue weighted by molar-refractivity contribution is 6.57. The van der Waals surface area contributed by atoms with E-state index in [1.54, 1.807) is 24.3 Å². The molecule has 1 unspecified atom stereocenters. The summed E-state index contributed by atoms with van der Waals surface area (Å²) in [6.07, 6.45) is 1.78. The Morgan fingerprint density at radius 1 is 1.19 bits per heavy atom. The molecule has 27 heavy (non-hydrogen) atoms. The summed E-state index contributed by atoms with van der Waals surface area (Å²) in [5, 5.41) is 3.96. The second-order valence-corrected chi connectivity index (χ2v) is 6.65. The van der Waals surface area contributed by atoms with Crippen molar-refractivity contribution in [2.75, 3.05) is 31.1 Å². The number of para-hydroxylation sites is 1. The summed E-state index contributed by atoms with van der Waals surface area (Å²) in [6, 6.07) is 6.91. The summed E-state index contributed by atoms with van der Waals surface area (Å²) < 4.78 is 5.31. The number of esters is 1. The van der Waals surface area contributed by atoms with Gasteiger partial charge in [-0.15, -0.1) is 0 Å². The average Bonchev–Trinajstić information content (AvgIpc) is 3.20. The molecule has 2 aliphatic rings. The molecule has 2 aliphatic heterocycles. The number of hydrogen-bond acceptors (Lipinski definition) is 7. The van der Waals surface area contributed by atoms with Crippen LogP contribution in [0, 0.1) is 0 Å². The van der Waals surface area contributed by atoms with E-state index < -0.39 is 12.0 Å². The number of likely N-dealkylation sites (tertiary alicyclic amines) is 1. The second-order valence-electron chi connectivity index (χ2n) is 6.65. The zero-order valence-corrected chi connectivity index (χ0v) is 15.5. The standard InChI is InChI=1S/C19H23N3O5/c1-13(23)22-17-8-4-3-7-16(17)18(19(22)25)20-26-12-15(27-14(2)24)11-21-9-5-6-10-21/h3-4,7-8,15H,5-6,9-12H2,1-2H3/b20-18+. The predicted octanol–water partition coefficient (Wildman–Crippen LogP) is 1.33. The largest absolute Gasteiger partial charge is 0.457 e. The number of amides is 2. The van der Waals surface area contributed by atoms with Gasteiger partial charge >= 0.3 is 5.97 Å². The first kappa shape index (κ1) is 19.0. The number of carbonyl (C=O) groups is 3. The lowest BCUT2D eigenvalue weighted by molar-refractivity contribution is -0.150. The number of hydrogen-bond donors (Lipinski definition) is 0. The molecule has 0 aliphatic carbocycles. The highest BCUT2D eigenvalue weighted by Gasteiger charge is 2.37. The fourth-order valence-electron chi connectivity index (χ4n) is 3.40. The van der Waals surface area contributed by atoms with Crippen LogP contribution in [-0.4, -0.2) is 60.7 Å². The fraction of sp³-hybridized carbons (Fsp3) is 0.474. The lowest BCUT2D eigenvalue weighted by Gasteiger charge is -2.22. The van der Waals surface area contributed by atoms with Crippen LogP contribution >= 0.6 is 0 Å². The van der Waals surface area contributed by atoms with Gasteiger partial charge in [0.1, 0.15) is 0 Å². The Labute approximate surface area is 157 Å². The lowest BCUT2D eigenvalue weighted by Crippen LogP contribution is -2.36. The fourth-order valence-corrected chi connectivity index (χ4v) is 3.40. The third-order valence-corrected chi connectivity index (χ3v) is 4.53. The number of imide groups is 1. The molecule has 0 saturated carbocycles. The monoisotopic (exact) mass is 373 g/mol. The van der Waals surface area contributed by atoms with Gasteiger partial charge in [-0.3, -0.25) is 19.3 Å². The van der Waals surface area contributed by atoms with Gasteiger partial charge in [-0.1, -0.05) is 23.4 Å². The number of rotatable bonds is 6. The van der Waals surface area contributed by atoms with Crippen molar-refractivity contribution >= 4 is 29.2 Å². The molecule has 144 valence electrons. The normalized spacial score (nSPS) is 19.3. The van der Waals surface area contributed by atoms with Gasteiger partial charge in [0, 0.05) is 26.0 Å². The predicted molar refractivity (Wildman–Crippen MR) is 98.3 cm³/mol. The summed E-state index contributed by atoms with van der Waals surface area (Å²) in [5.41, 5.74) is 1.11. The van der Waals surface area contributed by atoms with E-state index in [-0.39, 0.29) is 24.2 Å². The molecule has 0 spiro atoms. The molecule has 2 heterocycles. The topological polar surface area (TPSA) is 88.5 Å². The van der Waals surface area contributed by atoms with E-state index in [9.17, 15) is 14.4 Å². The van der Waals surface area contributed by atoms with E-state index in [1.165, 1.54) is 13.8 Å². The maximum Gasteiger partial charge on any atom is 0.303 e. The number of benzene rings is 1. The van der Waals surface area contributed by atoms with E-state index in [0.29, 0.717) is 17.8 Å². The number of nitrogens with zero attached hydrogens (tertiary/aromatic N) is 3. The van der Waals surface area contributed by atoms with Crippen LogP contribution in [0.3, 0.4) is 0 Å². The molecular formula is C19H23N3O5. The van der Waals surface area contributed by atoms with Gasteiger partial charge in [0.2, 0.25) is 5.91 Å². The highest BCUT2D eigenvalue weighted by atomic mass is 16.6. The van der Waals surface area contributed by atoms with Crippen LogP contribution in [0.25, 0.3) is 0 Å². The molecule has 8 heteroatoms. The molecule has 0 bridgehead atoms. The van der Waals surface area contributed by atoms with Gasteiger partial charge in [0.05, 0.1) is 5.69 Å². The number of carbonyl (C=O) groups excluding carboxylic acids is 3. The Bertz CT molecular complexity index is 770. The number of ether oxygens (including phenoxy) is 1. The summed E-state index contributed by atoms with van der Waals surface area (Å²) in [5.74, 6) is -1.29. The first-order chi connectivity index (χ1) is 13.0. The quantitative estimate of drug-likeness (QED) is 0.552. The second kappa shape index (κ2) is 8.30. The van der Waals surface area contributed by atoms with Crippen molar-refractivity contribution in [3.8, 4) is 0 Å². The molecule has 0 radical (unpaired) electrons. The van der Waals surface area contributed by atoms with Crippen molar-refractivity contribution in [2.45, 2.75) is 32.8 Å². The summed E-state index contributed by atoms with van der Waals surface area (Å²) in [6.45, 7) is 5.21. The molecule has 0 aromatic heterocycles. The zero-order valence-electron chi connectivity index (χ0n) is 15.5. The van der Waals surface area contributed by atoms with Crippen molar-refractivity contribution < 1.29 is 24.0 Å². The van der Waals surface area contributed by atoms with Crippen LogP contribution < -0.4 is 4.90 Å². The molecule has 3 rings (SSSR count). The molecule has 2 amide bonds. The minimum Gasteiger partial charge on any atom is -0.457 e. The van der Waals surface area contributed by atoms with Crippen LogP contribution in [0.5, 0.6) is 0 Å². The van der Waals surface area contributed by atoms with E-state index >= 15 is 0 Å². The molecule has 1 saturated heterocycles. The van der Waals surface area contributed by atoms with Crippen molar-refractivity contribution in [2.24, 2.45) is 5.16 Å². The van der Waals surface area contributed by atoms with Crippen molar-refractivity contribution in [3.63, 3.8) is 0 Å². The van der Waals surface area contributed by atoms with Crippen LogP contribution in [0.15, 0.2) is 29.4 Å². The Morgan fingerprint density at radius 3 is 2.56 bits per heavy atom. The third-order valence-electron chi connectivity index (χ3n) is 4.53. The van der Waals surface area contributed by atoms with Gasteiger partial charge in [-0.05, 0) is 32.0 Å². The van der Waals surface area contributed by atoms with E-state index in [4.69, 9.17) is 9.57 Å². The van der Waals surface area contributed by atoms with Gasteiger partial charge in [0.25, 0.3) is 5.91 Å². The maximum absolute atomic E-state index is 12.5. The van der Waals surface area contributed by atoms with Gasteiger partial charge in [0.15, 0.2) is 18.4 Å². The Balaban J connectivity index is 1.70. The Morgan fingerprint density at radius 2 is 1.89 bits per heavy atom. The lowest BCUT2D eigenvalue weighted by atomic mass is 10.1. The van der Waals surface area contributed by atoms with Crippen molar-refractivity contribution in [1.82, 2.24) is 4.90 Å². The van der Waals surface area contributed by atoms with Gasteiger partial charge in [-0.25, -0.2) is 4.90 Å². The van der Waals surface area contributed by atoms with Gasteiger partial charge < -0.3 is 9.57 Å². The van der Waals surface area contributed by atoms with Crippen LogP contribution in [0.4, 0.5) is 5.69 Å². The van der Waals surface area contributed by atoms with E-state index in [2.05, 4.69) is 10.1 Å². The van der Waals surface area contributed by atoms with Crippen molar-refractivity contribution in [1.29, 1.82) is 0 Å². The number of oxime groups is 1. The SMILES string of the molecule is CC(=O)OC(CO/N=C1/C(=O)N(C(C)=O)c2ccccc21)CN1CCCC1. The Hall–Kier alpha value is -2.74. The van der Waals surface area contributed by atoms with Crippen LogP contribution in [-0.2, 0) is 24.0 Å². The maximum atomic E-state index is 12.5. The average molecular weight is 373 g/mol. The molecule has 1 fully saturated rings. The molecule has 0 N–H and O–H groups in total. The smallest absolute Gasteiger partial charge is 0.303 e. The Kier molecular flexibility index (Phi) is 5.85. The van der Waals surface area contributed by atoms with E-state index in [1.807, 2.05) is 0 Å². The minimum atomic E-state index is -0.521. The summed E-state index contributed by atoms with van der Waals surface area (Å²) >= 11 is 0. The highest BCUT2D eigenvalue weighted by Crippen LogP contribution is 2.29. The van der Waals surface area contributed by atoms with E-state index in [0.717, 1.165) is 30.8 Å². The third kappa shape index (κ3) is 4.33. The number of fused-ring (bicyclic) bond motifs is 1.